The Morgan fingerprint density at radius 2 is 2.00 bits per heavy atom. The Hall–Kier alpha value is -2.04. The minimum absolute atomic E-state index is 0.113. The molecule has 2 rings (SSSR count). The fourth-order valence-electron chi connectivity index (χ4n) is 3.09. The molecule has 5 heteroatoms. The number of hydrogen-bond donors (Lipinski definition) is 1. The molecule has 0 aromatic heterocycles. The van der Waals surface area contributed by atoms with Gasteiger partial charge in [0.2, 0.25) is 5.91 Å². The van der Waals surface area contributed by atoms with Gasteiger partial charge in [-0.15, -0.1) is 0 Å². The molecule has 132 valence electrons. The summed E-state index contributed by atoms with van der Waals surface area (Å²) in [5.74, 6) is 0.402. The van der Waals surface area contributed by atoms with E-state index in [2.05, 4.69) is 5.32 Å². The van der Waals surface area contributed by atoms with Gasteiger partial charge >= 0.3 is 5.97 Å². The standard InChI is InChI=1S/C19H27NO4/c1-3-23-18(22)19(11-4-5-12-19)20-17(21)10-7-13-24-16-9-6-8-15(2)14-16/h6,8-9,14H,3-5,7,10-13H2,1-2H3,(H,20,21). The van der Waals surface area contributed by atoms with Crippen LogP contribution < -0.4 is 10.1 Å². The highest BCUT2D eigenvalue weighted by Crippen LogP contribution is 2.31. The minimum Gasteiger partial charge on any atom is -0.494 e. The van der Waals surface area contributed by atoms with Crippen molar-refractivity contribution in [3.8, 4) is 5.75 Å². The maximum absolute atomic E-state index is 12.2. The molecule has 1 aliphatic rings. The fourth-order valence-corrected chi connectivity index (χ4v) is 3.09. The van der Waals surface area contributed by atoms with Crippen LogP contribution in [0.5, 0.6) is 5.75 Å². The predicted molar refractivity (Wildman–Crippen MR) is 91.9 cm³/mol. The van der Waals surface area contributed by atoms with Crippen LogP contribution in [0.2, 0.25) is 0 Å². The van der Waals surface area contributed by atoms with Crippen LogP contribution in [0, 0.1) is 6.92 Å². The Bertz CT molecular complexity index is 564. The van der Waals surface area contributed by atoms with Gasteiger partial charge in [-0.05, 0) is 50.8 Å². The summed E-state index contributed by atoms with van der Waals surface area (Å²) in [6, 6.07) is 7.83. The van der Waals surface area contributed by atoms with Crippen LogP contribution >= 0.6 is 0 Å². The van der Waals surface area contributed by atoms with Crippen LogP contribution in [0.1, 0.15) is 51.0 Å². The van der Waals surface area contributed by atoms with Gasteiger partial charge in [-0.3, -0.25) is 4.79 Å². The molecule has 24 heavy (non-hydrogen) atoms. The van der Waals surface area contributed by atoms with Crippen molar-refractivity contribution in [3.05, 3.63) is 29.8 Å². The van der Waals surface area contributed by atoms with Crippen LogP contribution in [0.15, 0.2) is 24.3 Å². The number of hydrogen-bond acceptors (Lipinski definition) is 4. The summed E-state index contributed by atoms with van der Waals surface area (Å²) in [7, 11) is 0. The average Bonchev–Trinajstić information content (AvgIpc) is 3.02. The van der Waals surface area contributed by atoms with E-state index in [1.54, 1.807) is 6.92 Å². The lowest BCUT2D eigenvalue weighted by molar-refractivity contribution is -0.153. The molecule has 0 unspecified atom stereocenters. The third kappa shape index (κ3) is 4.98. The highest BCUT2D eigenvalue weighted by molar-refractivity contribution is 5.88. The number of ether oxygens (including phenoxy) is 2. The quantitative estimate of drug-likeness (QED) is 0.586. The molecule has 5 nitrogen and oxygen atoms in total. The molecule has 1 N–H and O–H groups in total. The molecule has 0 spiro atoms. The average molecular weight is 333 g/mol. The van der Waals surface area contributed by atoms with Gasteiger partial charge in [-0.2, -0.15) is 0 Å². The number of rotatable bonds is 8. The third-order valence-corrected chi connectivity index (χ3v) is 4.31. The number of benzene rings is 1. The van der Waals surface area contributed by atoms with Crippen molar-refractivity contribution in [3.63, 3.8) is 0 Å². The normalized spacial score (nSPS) is 15.8. The van der Waals surface area contributed by atoms with Crippen molar-refractivity contribution in [1.82, 2.24) is 5.32 Å². The van der Waals surface area contributed by atoms with E-state index in [1.807, 2.05) is 31.2 Å². The summed E-state index contributed by atoms with van der Waals surface area (Å²) in [4.78, 5) is 24.4. The zero-order valence-electron chi connectivity index (χ0n) is 14.6. The Balaban J connectivity index is 1.76. The highest BCUT2D eigenvalue weighted by atomic mass is 16.5. The second-order valence-corrected chi connectivity index (χ2v) is 6.33. The van der Waals surface area contributed by atoms with Crippen LogP contribution in [0.25, 0.3) is 0 Å². The Morgan fingerprint density at radius 3 is 2.67 bits per heavy atom. The number of amides is 1. The molecule has 1 fully saturated rings. The Kier molecular flexibility index (Phi) is 6.64. The van der Waals surface area contributed by atoms with E-state index in [0.717, 1.165) is 24.2 Å². The second-order valence-electron chi connectivity index (χ2n) is 6.33. The maximum Gasteiger partial charge on any atom is 0.331 e. The molecular weight excluding hydrogens is 306 g/mol. The van der Waals surface area contributed by atoms with E-state index in [1.165, 1.54) is 0 Å². The number of nitrogens with one attached hydrogen (secondary N) is 1. The SMILES string of the molecule is CCOC(=O)C1(NC(=O)CCCOc2cccc(C)c2)CCCC1. The molecule has 0 radical (unpaired) electrons. The summed E-state index contributed by atoms with van der Waals surface area (Å²) in [5.41, 5.74) is 0.327. The van der Waals surface area contributed by atoms with Crippen molar-refractivity contribution < 1.29 is 19.1 Å². The summed E-state index contributed by atoms with van der Waals surface area (Å²) < 4.78 is 10.8. The Labute approximate surface area is 143 Å². The van der Waals surface area contributed by atoms with E-state index in [-0.39, 0.29) is 11.9 Å². The first kappa shape index (κ1) is 18.3. The van der Waals surface area contributed by atoms with E-state index < -0.39 is 5.54 Å². The molecule has 0 aliphatic heterocycles. The van der Waals surface area contributed by atoms with Gasteiger partial charge in [0.25, 0.3) is 0 Å². The van der Waals surface area contributed by atoms with Crippen molar-refractivity contribution in [2.75, 3.05) is 13.2 Å². The lowest BCUT2D eigenvalue weighted by atomic mass is 9.97. The Morgan fingerprint density at radius 1 is 1.25 bits per heavy atom. The predicted octanol–water partition coefficient (Wildman–Crippen LogP) is 3.15. The van der Waals surface area contributed by atoms with E-state index in [9.17, 15) is 9.59 Å². The first-order chi connectivity index (χ1) is 11.6. The first-order valence-corrected chi connectivity index (χ1v) is 8.73. The second kappa shape index (κ2) is 8.71. The number of aryl methyl sites for hydroxylation is 1. The number of carbonyl (C=O) groups is 2. The van der Waals surface area contributed by atoms with E-state index in [0.29, 0.717) is 38.9 Å². The molecule has 1 aromatic carbocycles. The first-order valence-electron chi connectivity index (χ1n) is 8.73. The number of carbonyl (C=O) groups excluding carboxylic acids is 2. The maximum atomic E-state index is 12.2. The molecule has 0 heterocycles. The highest BCUT2D eigenvalue weighted by Gasteiger charge is 2.43. The molecule has 1 aliphatic carbocycles. The summed E-state index contributed by atoms with van der Waals surface area (Å²) >= 11 is 0. The van der Waals surface area contributed by atoms with Crippen molar-refractivity contribution in [2.24, 2.45) is 0 Å². The zero-order chi connectivity index (χ0) is 17.4. The summed E-state index contributed by atoms with van der Waals surface area (Å²) in [6.07, 6.45) is 4.16. The molecule has 1 saturated carbocycles. The lowest BCUT2D eigenvalue weighted by Gasteiger charge is -2.27. The molecule has 0 bridgehead atoms. The van der Waals surface area contributed by atoms with Crippen LogP contribution in [-0.2, 0) is 14.3 Å². The van der Waals surface area contributed by atoms with Gasteiger partial charge in [0, 0.05) is 6.42 Å². The van der Waals surface area contributed by atoms with E-state index >= 15 is 0 Å². The monoisotopic (exact) mass is 333 g/mol. The summed E-state index contributed by atoms with van der Waals surface area (Å²) in [6.45, 7) is 4.60. The molecule has 0 saturated heterocycles. The van der Waals surface area contributed by atoms with Crippen molar-refractivity contribution >= 4 is 11.9 Å². The van der Waals surface area contributed by atoms with Gasteiger partial charge in [0.05, 0.1) is 13.2 Å². The van der Waals surface area contributed by atoms with Crippen molar-refractivity contribution in [1.29, 1.82) is 0 Å². The molecule has 1 aromatic rings. The minimum atomic E-state index is -0.815. The van der Waals surface area contributed by atoms with Gasteiger partial charge in [0.15, 0.2) is 0 Å². The smallest absolute Gasteiger partial charge is 0.331 e. The van der Waals surface area contributed by atoms with Gasteiger partial charge in [-0.25, -0.2) is 4.79 Å². The van der Waals surface area contributed by atoms with E-state index in [4.69, 9.17) is 9.47 Å². The largest absolute Gasteiger partial charge is 0.494 e. The zero-order valence-corrected chi connectivity index (χ0v) is 14.6. The lowest BCUT2D eigenvalue weighted by Crippen LogP contribution is -2.53. The molecule has 0 atom stereocenters. The van der Waals surface area contributed by atoms with Crippen LogP contribution in [-0.4, -0.2) is 30.6 Å². The van der Waals surface area contributed by atoms with Crippen LogP contribution in [0.4, 0.5) is 0 Å². The summed E-state index contributed by atoms with van der Waals surface area (Å²) in [5, 5.41) is 2.92. The van der Waals surface area contributed by atoms with Crippen molar-refractivity contribution in [2.45, 2.75) is 57.9 Å². The van der Waals surface area contributed by atoms with Gasteiger partial charge in [-0.1, -0.05) is 25.0 Å². The van der Waals surface area contributed by atoms with Crippen LogP contribution in [0.3, 0.4) is 0 Å². The van der Waals surface area contributed by atoms with Gasteiger partial charge < -0.3 is 14.8 Å². The van der Waals surface area contributed by atoms with Gasteiger partial charge in [0.1, 0.15) is 11.3 Å². The molecular formula is C19H27NO4. The third-order valence-electron chi connectivity index (χ3n) is 4.31. The molecule has 1 amide bonds. The number of esters is 1. The topological polar surface area (TPSA) is 64.6 Å². The fraction of sp³-hybridized carbons (Fsp3) is 0.579.